The van der Waals surface area contributed by atoms with Gasteiger partial charge in [-0.25, -0.2) is 4.79 Å². The molecular weight excluding hydrogens is 328 g/mol. The smallest absolute Gasteiger partial charge is 0.331 e. The Hall–Kier alpha value is -3.47. The fourth-order valence-electron chi connectivity index (χ4n) is 2.38. The van der Waals surface area contributed by atoms with Crippen LogP contribution in [0.4, 0.5) is 0 Å². The Morgan fingerprint density at radius 3 is 2.42 bits per heavy atom. The van der Waals surface area contributed by atoms with E-state index in [1.807, 2.05) is 42.6 Å². The van der Waals surface area contributed by atoms with Crippen molar-refractivity contribution in [3.63, 3.8) is 0 Å². The highest BCUT2D eigenvalue weighted by Crippen LogP contribution is 2.06. The van der Waals surface area contributed by atoms with Crippen LogP contribution in [0.5, 0.6) is 0 Å². The van der Waals surface area contributed by atoms with Crippen LogP contribution < -0.4 is 0 Å². The largest absolute Gasteiger partial charge is 0.454 e. The first-order valence-corrected chi connectivity index (χ1v) is 8.20. The van der Waals surface area contributed by atoms with Gasteiger partial charge in [0.05, 0.1) is 12.7 Å². The number of hydrogen-bond acceptors (Lipinski definition) is 4. The number of Topliss-reactive ketones (excluding diaryl/α,β-unsaturated/α-hetero) is 1. The quantitative estimate of drug-likeness (QED) is 0.374. The zero-order valence-electron chi connectivity index (χ0n) is 14.1. The maximum atomic E-state index is 11.9. The van der Waals surface area contributed by atoms with Crippen LogP contribution in [0.1, 0.15) is 21.5 Å². The van der Waals surface area contributed by atoms with Crippen molar-refractivity contribution >= 4 is 17.8 Å². The molecule has 0 fully saturated rings. The highest BCUT2D eigenvalue weighted by Gasteiger charge is 2.07. The van der Waals surface area contributed by atoms with Gasteiger partial charge in [-0.15, -0.1) is 0 Å². The van der Waals surface area contributed by atoms with Crippen molar-refractivity contribution in [3.8, 4) is 0 Å². The third-order valence-electron chi connectivity index (χ3n) is 3.69. The minimum atomic E-state index is -0.565. The maximum Gasteiger partial charge on any atom is 0.331 e. The van der Waals surface area contributed by atoms with Crippen LogP contribution in [-0.4, -0.2) is 28.1 Å². The molecule has 1 heterocycles. The van der Waals surface area contributed by atoms with Gasteiger partial charge in [-0.2, -0.15) is 5.10 Å². The van der Waals surface area contributed by atoms with Crippen LogP contribution in [-0.2, 0) is 16.1 Å². The molecule has 0 amide bonds. The Bertz CT molecular complexity index is 899. The highest BCUT2D eigenvalue weighted by molar-refractivity contribution is 5.98. The van der Waals surface area contributed by atoms with Gasteiger partial charge in [0.2, 0.25) is 0 Å². The number of carbonyl (C=O) groups is 2. The Morgan fingerprint density at radius 1 is 1.00 bits per heavy atom. The zero-order chi connectivity index (χ0) is 18.2. The average Bonchev–Trinajstić information content (AvgIpc) is 3.13. The first-order valence-electron chi connectivity index (χ1n) is 8.20. The minimum Gasteiger partial charge on any atom is -0.454 e. The molecule has 0 saturated carbocycles. The summed E-state index contributed by atoms with van der Waals surface area (Å²) in [7, 11) is 0. The normalized spacial score (nSPS) is 10.8. The zero-order valence-corrected chi connectivity index (χ0v) is 14.1. The molecule has 0 unspecified atom stereocenters. The number of ketones is 1. The van der Waals surface area contributed by atoms with E-state index in [1.54, 1.807) is 41.2 Å². The van der Waals surface area contributed by atoms with E-state index in [1.165, 1.54) is 6.08 Å². The molecule has 26 heavy (non-hydrogen) atoms. The predicted octanol–water partition coefficient (Wildman–Crippen LogP) is 3.37. The van der Waals surface area contributed by atoms with Gasteiger partial charge in [0, 0.05) is 23.4 Å². The van der Waals surface area contributed by atoms with Crippen LogP contribution in [0.3, 0.4) is 0 Å². The molecule has 0 aliphatic heterocycles. The average molecular weight is 346 g/mol. The van der Waals surface area contributed by atoms with Gasteiger partial charge in [-0.05, 0) is 11.6 Å². The Balaban J connectivity index is 1.50. The van der Waals surface area contributed by atoms with Crippen molar-refractivity contribution in [1.82, 2.24) is 9.78 Å². The molecule has 0 bridgehead atoms. The summed E-state index contributed by atoms with van der Waals surface area (Å²) < 4.78 is 6.77. The molecule has 0 aliphatic rings. The summed E-state index contributed by atoms with van der Waals surface area (Å²) in [5.41, 5.74) is 2.45. The first-order chi connectivity index (χ1) is 12.7. The maximum absolute atomic E-state index is 11.9. The van der Waals surface area contributed by atoms with E-state index in [9.17, 15) is 9.59 Å². The third kappa shape index (κ3) is 5.01. The summed E-state index contributed by atoms with van der Waals surface area (Å²) in [5.74, 6) is -0.798. The van der Waals surface area contributed by atoms with Crippen LogP contribution in [0.15, 0.2) is 79.1 Å². The molecule has 3 rings (SSSR count). The minimum absolute atomic E-state index is 0.233. The fraction of sp³-hybridized carbons (Fsp3) is 0.0952. The molecule has 3 aromatic rings. The van der Waals surface area contributed by atoms with E-state index >= 15 is 0 Å². The fourth-order valence-corrected chi connectivity index (χ4v) is 2.38. The lowest BCUT2D eigenvalue weighted by Crippen LogP contribution is -2.12. The molecule has 5 nitrogen and oxygen atoms in total. The van der Waals surface area contributed by atoms with Gasteiger partial charge in [-0.1, -0.05) is 60.7 Å². The Kier molecular flexibility index (Phi) is 5.72. The van der Waals surface area contributed by atoms with Crippen LogP contribution in [0, 0.1) is 0 Å². The van der Waals surface area contributed by atoms with E-state index in [0.29, 0.717) is 12.1 Å². The lowest BCUT2D eigenvalue weighted by atomic mass is 10.1. The molecular formula is C21H18N2O3. The molecule has 0 aliphatic carbocycles. The SMILES string of the molecule is O=C(/C=C/c1cnn(Cc2ccccc2)c1)OCC(=O)c1ccccc1. The molecule has 2 aromatic carbocycles. The number of benzene rings is 2. The van der Waals surface area contributed by atoms with Crippen molar-refractivity contribution in [3.05, 3.63) is 95.8 Å². The lowest BCUT2D eigenvalue weighted by molar-refractivity contribution is -0.136. The van der Waals surface area contributed by atoms with E-state index < -0.39 is 5.97 Å². The van der Waals surface area contributed by atoms with Crippen molar-refractivity contribution in [1.29, 1.82) is 0 Å². The number of carbonyl (C=O) groups excluding carboxylic acids is 2. The monoisotopic (exact) mass is 346 g/mol. The summed E-state index contributed by atoms with van der Waals surface area (Å²) in [5, 5.41) is 4.26. The standard InChI is InChI=1S/C21H18N2O3/c24-20(19-9-5-2-6-10-19)16-26-21(25)12-11-18-13-22-23(15-18)14-17-7-3-1-4-8-17/h1-13,15H,14,16H2/b12-11+. The summed E-state index contributed by atoms with van der Waals surface area (Å²) in [6.45, 7) is 0.380. The first kappa shape index (κ1) is 17.4. The van der Waals surface area contributed by atoms with Gasteiger partial charge in [0.15, 0.2) is 12.4 Å². The molecule has 0 atom stereocenters. The summed E-state index contributed by atoms with van der Waals surface area (Å²) in [6, 6.07) is 18.7. The molecule has 0 radical (unpaired) electrons. The van der Waals surface area contributed by atoms with Gasteiger partial charge in [0.1, 0.15) is 0 Å². The van der Waals surface area contributed by atoms with E-state index in [0.717, 1.165) is 11.1 Å². The molecule has 0 saturated heterocycles. The predicted molar refractivity (Wildman–Crippen MR) is 98.5 cm³/mol. The van der Waals surface area contributed by atoms with Crippen LogP contribution in [0.2, 0.25) is 0 Å². The number of ether oxygens (including phenoxy) is 1. The molecule has 130 valence electrons. The number of nitrogens with zero attached hydrogens (tertiary/aromatic N) is 2. The van der Waals surface area contributed by atoms with E-state index in [4.69, 9.17) is 4.74 Å². The number of rotatable bonds is 7. The Morgan fingerprint density at radius 2 is 1.69 bits per heavy atom. The molecule has 5 heteroatoms. The van der Waals surface area contributed by atoms with Crippen LogP contribution in [0.25, 0.3) is 6.08 Å². The molecule has 1 aromatic heterocycles. The van der Waals surface area contributed by atoms with Crippen molar-refractivity contribution in [2.75, 3.05) is 6.61 Å². The van der Waals surface area contributed by atoms with Gasteiger partial charge < -0.3 is 4.74 Å². The van der Waals surface area contributed by atoms with Gasteiger partial charge in [-0.3, -0.25) is 9.48 Å². The van der Waals surface area contributed by atoms with Crippen molar-refractivity contribution < 1.29 is 14.3 Å². The summed E-state index contributed by atoms with van der Waals surface area (Å²) >= 11 is 0. The van der Waals surface area contributed by atoms with Crippen molar-refractivity contribution in [2.24, 2.45) is 0 Å². The third-order valence-corrected chi connectivity index (χ3v) is 3.69. The van der Waals surface area contributed by atoms with E-state index in [2.05, 4.69) is 5.10 Å². The number of hydrogen-bond donors (Lipinski definition) is 0. The summed E-state index contributed by atoms with van der Waals surface area (Å²) in [4.78, 5) is 23.6. The lowest BCUT2D eigenvalue weighted by Gasteiger charge is -2.01. The second-order valence-electron chi connectivity index (χ2n) is 5.69. The van der Waals surface area contributed by atoms with Gasteiger partial charge in [0.25, 0.3) is 0 Å². The van der Waals surface area contributed by atoms with Crippen molar-refractivity contribution in [2.45, 2.75) is 6.54 Å². The molecule has 0 N–H and O–H groups in total. The highest BCUT2D eigenvalue weighted by atomic mass is 16.5. The number of aromatic nitrogens is 2. The summed E-state index contributed by atoms with van der Waals surface area (Å²) in [6.07, 6.45) is 6.42. The Labute approximate surface area is 151 Å². The van der Waals surface area contributed by atoms with Crippen LogP contribution >= 0.6 is 0 Å². The second kappa shape index (κ2) is 8.58. The number of esters is 1. The van der Waals surface area contributed by atoms with Gasteiger partial charge >= 0.3 is 5.97 Å². The second-order valence-corrected chi connectivity index (χ2v) is 5.69. The molecule has 0 spiro atoms. The topological polar surface area (TPSA) is 61.2 Å². The van der Waals surface area contributed by atoms with E-state index in [-0.39, 0.29) is 12.4 Å².